The molecule has 1 amide bonds. The Hall–Kier alpha value is -2.11. The van der Waals surface area contributed by atoms with Gasteiger partial charge in [0, 0.05) is 11.1 Å². The van der Waals surface area contributed by atoms with Gasteiger partial charge in [0.05, 0.1) is 10.6 Å². The summed E-state index contributed by atoms with van der Waals surface area (Å²) in [6, 6.07) is 9.14. The van der Waals surface area contributed by atoms with Crippen LogP contribution in [0.2, 0.25) is 10.0 Å². The van der Waals surface area contributed by atoms with Crippen LogP contribution in [0.4, 0.5) is 9.52 Å². The highest BCUT2D eigenvalue weighted by Crippen LogP contribution is 2.25. The van der Waals surface area contributed by atoms with Gasteiger partial charge in [-0.05, 0) is 42.8 Å². The van der Waals surface area contributed by atoms with Crippen molar-refractivity contribution in [2.24, 2.45) is 0 Å². The number of halogens is 3. The molecule has 3 rings (SSSR count). The summed E-state index contributed by atoms with van der Waals surface area (Å²) in [5.41, 5.74) is 0.726. The number of rotatable bonds is 6. The minimum atomic E-state index is -4.00. The summed E-state index contributed by atoms with van der Waals surface area (Å²) >= 11 is 12.5. The van der Waals surface area contributed by atoms with Crippen molar-refractivity contribution >= 4 is 55.6 Å². The third-order valence-electron chi connectivity index (χ3n) is 3.73. The van der Waals surface area contributed by atoms with Gasteiger partial charge in [0.25, 0.3) is 15.9 Å². The molecule has 1 aromatic heterocycles. The molecule has 0 unspecified atom stereocenters. The zero-order valence-electron chi connectivity index (χ0n) is 14.7. The Bertz CT molecular complexity index is 1150. The molecule has 7 nitrogen and oxygen atoms in total. The number of benzene rings is 2. The lowest BCUT2D eigenvalue weighted by molar-refractivity contribution is 0.102. The van der Waals surface area contributed by atoms with E-state index in [1.54, 1.807) is 6.92 Å². The lowest BCUT2D eigenvalue weighted by atomic mass is 10.1. The minimum absolute atomic E-state index is 0.0178. The van der Waals surface area contributed by atoms with Gasteiger partial charge in [0.2, 0.25) is 9.47 Å². The van der Waals surface area contributed by atoms with Crippen molar-refractivity contribution < 1.29 is 17.6 Å². The third-order valence-corrected chi connectivity index (χ3v) is 7.03. The molecule has 12 heteroatoms. The van der Waals surface area contributed by atoms with E-state index in [-0.39, 0.29) is 20.1 Å². The molecular weight excluding hydrogens is 462 g/mol. The first-order valence-electron chi connectivity index (χ1n) is 8.03. The van der Waals surface area contributed by atoms with Crippen molar-refractivity contribution in [2.45, 2.75) is 17.3 Å². The maximum Gasteiger partial charge on any atom is 0.270 e. The Kier molecular flexibility index (Phi) is 6.49. The molecule has 0 bridgehead atoms. The van der Waals surface area contributed by atoms with E-state index < -0.39 is 27.8 Å². The van der Waals surface area contributed by atoms with Crippen LogP contribution in [-0.4, -0.2) is 24.5 Å². The first-order valence-corrected chi connectivity index (χ1v) is 11.1. The first kappa shape index (κ1) is 21.6. The summed E-state index contributed by atoms with van der Waals surface area (Å²) in [6.45, 7) is 1.61. The highest BCUT2D eigenvalue weighted by Gasteiger charge is 2.24. The standard InChI is InChI=1S/C17H13Cl2FN4O3S2/c1-9(10-2-5-12(20)6-3-10)24-29(26,27)17-23-22-16(28-17)21-15(25)13-7-4-11(18)8-14(13)19/h2-9,24H,1H3,(H,21,22,25)/t9-/m0/s1. The molecule has 0 aliphatic rings. The van der Waals surface area contributed by atoms with Crippen molar-refractivity contribution in [3.8, 4) is 0 Å². The SMILES string of the molecule is C[C@H](NS(=O)(=O)c1nnc(NC(=O)c2ccc(Cl)cc2Cl)s1)c1ccc(F)cc1. The van der Waals surface area contributed by atoms with Gasteiger partial charge in [-0.3, -0.25) is 10.1 Å². The lowest BCUT2D eigenvalue weighted by Crippen LogP contribution is -2.26. The highest BCUT2D eigenvalue weighted by atomic mass is 35.5. The Balaban J connectivity index is 1.72. The summed E-state index contributed by atoms with van der Waals surface area (Å²) in [7, 11) is -4.00. The zero-order valence-corrected chi connectivity index (χ0v) is 17.8. The molecule has 2 aromatic carbocycles. The number of nitrogens with one attached hydrogen (secondary N) is 2. The van der Waals surface area contributed by atoms with E-state index >= 15 is 0 Å². The second kappa shape index (κ2) is 8.72. The van der Waals surface area contributed by atoms with Gasteiger partial charge < -0.3 is 0 Å². The van der Waals surface area contributed by atoms with Gasteiger partial charge in [-0.15, -0.1) is 10.2 Å². The molecule has 0 aliphatic carbocycles. The molecule has 0 spiro atoms. The minimum Gasteiger partial charge on any atom is -0.296 e. The topological polar surface area (TPSA) is 101 Å². The fourth-order valence-corrected chi connectivity index (χ4v) is 4.95. The molecule has 152 valence electrons. The average Bonchev–Trinajstić information content (AvgIpc) is 3.11. The van der Waals surface area contributed by atoms with Crippen LogP contribution >= 0.6 is 34.5 Å². The molecule has 0 saturated heterocycles. The Labute approximate surface area is 179 Å². The molecule has 2 N–H and O–H groups in total. The fourth-order valence-electron chi connectivity index (χ4n) is 2.31. The van der Waals surface area contributed by atoms with Crippen LogP contribution in [0, 0.1) is 5.82 Å². The Morgan fingerprint density at radius 3 is 2.48 bits per heavy atom. The van der Waals surface area contributed by atoms with Gasteiger partial charge >= 0.3 is 0 Å². The van der Waals surface area contributed by atoms with Crippen molar-refractivity contribution in [3.63, 3.8) is 0 Å². The van der Waals surface area contributed by atoms with Crippen LogP contribution in [0.5, 0.6) is 0 Å². The summed E-state index contributed by atoms with van der Waals surface area (Å²) < 4.78 is 40.2. The van der Waals surface area contributed by atoms with Crippen molar-refractivity contribution in [3.05, 3.63) is 69.5 Å². The van der Waals surface area contributed by atoms with Crippen molar-refractivity contribution in [1.82, 2.24) is 14.9 Å². The smallest absolute Gasteiger partial charge is 0.270 e. The number of sulfonamides is 1. The maximum atomic E-state index is 13.0. The number of hydrogen-bond acceptors (Lipinski definition) is 6. The third kappa shape index (κ3) is 5.28. The number of aromatic nitrogens is 2. The monoisotopic (exact) mass is 474 g/mol. The quantitative estimate of drug-likeness (QED) is 0.519. The lowest BCUT2D eigenvalue weighted by Gasteiger charge is -2.12. The number of amides is 1. The summed E-state index contributed by atoms with van der Waals surface area (Å²) in [4.78, 5) is 12.3. The number of hydrogen-bond donors (Lipinski definition) is 2. The van der Waals surface area contributed by atoms with Crippen molar-refractivity contribution in [2.75, 3.05) is 5.32 Å². The van der Waals surface area contributed by atoms with E-state index in [1.807, 2.05) is 0 Å². The van der Waals surface area contributed by atoms with E-state index in [9.17, 15) is 17.6 Å². The molecule has 1 atom stereocenters. The molecular formula is C17H13Cl2FN4O3S2. The maximum absolute atomic E-state index is 13.0. The van der Waals surface area contributed by atoms with E-state index in [0.29, 0.717) is 21.9 Å². The van der Waals surface area contributed by atoms with Crippen LogP contribution in [0.25, 0.3) is 0 Å². The second-order valence-corrected chi connectivity index (χ2v) is 9.55. The number of nitrogens with zero attached hydrogens (tertiary/aromatic N) is 2. The van der Waals surface area contributed by atoms with Gasteiger partial charge in [-0.2, -0.15) is 0 Å². The van der Waals surface area contributed by atoms with Crippen LogP contribution in [0.15, 0.2) is 46.8 Å². The van der Waals surface area contributed by atoms with Gasteiger partial charge in [0.15, 0.2) is 0 Å². The Morgan fingerprint density at radius 1 is 1.14 bits per heavy atom. The van der Waals surface area contributed by atoms with Gasteiger partial charge in [-0.25, -0.2) is 17.5 Å². The average molecular weight is 475 g/mol. The molecule has 0 saturated carbocycles. The van der Waals surface area contributed by atoms with Crippen LogP contribution < -0.4 is 10.0 Å². The normalized spacial score (nSPS) is 12.6. The summed E-state index contributed by atoms with van der Waals surface area (Å²) in [6.07, 6.45) is 0. The zero-order chi connectivity index (χ0) is 21.2. The predicted molar refractivity (Wildman–Crippen MR) is 109 cm³/mol. The van der Waals surface area contributed by atoms with E-state index in [4.69, 9.17) is 23.2 Å². The molecule has 0 aliphatic heterocycles. The first-order chi connectivity index (χ1) is 13.7. The molecule has 1 heterocycles. The Morgan fingerprint density at radius 2 is 1.83 bits per heavy atom. The molecule has 0 radical (unpaired) electrons. The summed E-state index contributed by atoms with van der Waals surface area (Å²) in [5, 5.41) is 10.2. The predicted octanol–water partition coefficient (Wildman–Crippen LogP) is 4.28. The molecule has 0 fully saturated rings. The van der Waals surface area contributed by atoms with E-state index in [0.717, 1.165) is 0 Å². The highest BCUT2D eigenvalue weighted by molar-refractivity contribution is 7.91. The number of carbonyl (C=O) groups is 1. The van der Waals surface area contributed by atoms with Crippen LogP contribution in [0.1, 0.15) is 28.9 Å². The molecule has 3 aromatic rings. The van der Waals surface area contributed by atoms with E-state index in [1.165, 1.54) is 42.5 Å². The van der Waals surface area contributed by atoms with Crippen LogP contribution in [0.3, 0.4) is 0 Å². The molecule has 29 heavy (non-hydrogen) atoms. The largest absolute Gasteiger partial charge is 0.296 e. The second-order valence-electron chi connectivity index (χ2n) is 5.85. The number of anilines is 1. The van der Waals surface area contributed by atoms with Gasteiger partial charge in [-0.1, -0.05) is 46.7 Å². The number of carbonyl (C=O) groups excluding carboxylic acids is 1. The van der Waals surface area contributed by atoms with Gasteiger partial charge in [0.1, 0.15) is 5.82 Å². The summed E-state index contributed by atoms with van der Waals surface area (Å²) in [5.74, 6) is -1.01. The van der Waals surface area contributed by atoms with E-state index in [2.05, 4.69) is 20.2 Å². The van der Waals surface area contributed by atoms with Crippen LogP contribution in [-0.2, 0) is 10.0 Å². The fraction of sp³-hybridized carbons (Fsp3) is 0.118. The van der Waals surface area contributed by atoms with Crippen molar-refractivity contribution in [1.29, 1.82) is 0 Å².